The van der Waals surface area contributed by atoms with Crippen LogP contribution in [-0.2, 0) is 19.5 Å². The third-order valence-electron chi connectivity index (χ3n) is 11.3. The van der Waals surface area contributed by atoms with E-state index in [1.807, 2.05) is 0 Å². The zero-order valence-electron chi connectivity index (χ0n) is 34.5. The zero-order chi connectivity index (χ0) is 35.1. The van der Waals surface area contributed by atoms with Crippen LogP contribution in [0.4, 0.5) is 0 Å². The van der Waals surface area contributed by atoms with Crippen molar-refractivity contribution < 1.29 is 4.57 Å². The monoisotopic (exact) mass is 686 g/mol. The van der Waals surface area contributed by atoms with Crippen LogP contribution in [0.2, 0.25) is 0 Å². The Balaban J connectivity index is 2.23. The lowest BCUT2D eigenvalue weighted by molar-refractivity contribution is -0.704. The van der Waals surface area contributed by atoms with Crippen LogP contribution in [0.5, 0.6) is 0 Å². The minimum absolute atomic E-state index is 1.23. The minimum Gasteiger partial charge on any atom is -0.234 e. The standard InChI is InChI=1S/C47H93N2/c1-4-7-10-13-16-19-21-23-25-26-27-29-31-33-36-39-42-47-48(43-40-37-34-18-15-12-9-6-3)45-46-49(47)44-41-38-35-32-30-28-24-22-20-17-14-11-8-5-2/h45-46H,4-44H2,1-3H3/q+1. The van der Waals surface area contributed by atoms with Gasteiger partial charge in [-0.25, -0.2) is 9.13 Å². The van der Waals surface area contributed by atoms with Crippen molar-refractivity contribution in [3.8, 4) is 0 Å². The van der Waals surface area contributed by atoms with Gasteiger partial charge >= 0.3 is 0 Å². The highest BCUT2D eigenvalue weighted by Gasteiger charge is 2.16. The molecule has 1 aromatic heterocycles. The molecule has 0 bridgehead atoms. The summed E-state index contributed by atoms with van der Waals surface area (Å²) in [7, 11) is 0. The summed E-state index contributed by atoms with van der Waals surface area (Å²) in [5, 5.41) is 0. The van der Waals surface area contributed by atoms with Crippen molar-refractivity contribution in [3.63, 3.8) is 0 Å². The first-order valence-electron chi connectivity index (χ1n) is 23.4. The van der Waals surface area contributed by atoms with Crippen LogP contribution in [0.3, 0.4) is 0 Å². The molecule has 1 heterocycles. The molecular weight excluding hydrogens is 593 g/mol. The van der Waals surface area contributed by atoms with Crippen LogP contribution in [-0.4, -0.2) is 4.57 Å². The third-order valence-corrected chi connectivity index (χ3v) is 11.3. The van der Waals surface area contributed by atoms with Gasteiger partial charge in [-0.2, -0.15) is 0 Å². The molecule has 0 unspecified atom stereocenters. The summed E-state index contributed by atoms with van der Waals surface area (Å²) >= 11 is 0. The van der Waals surface area contributed by atoms with Gasteiger partial charge in [-0.15, -0.1) is 0 Å². The molecular formula is C47H93N2+. The molecule has 0 aliphatic heterocycles. The van der Waals surface area contributed by atoms with Crippen molar-refractivity contribution in [2.45, 2.75) is 284 Å². The van der Waals surface area contributed by atoms with Crippen molar-refractivity contribution in [2.75, 3.05) is 0 Å². The molecule has 290 valence electrons. The van der Waals surface area contributed by atoms with E-state index in [1.165, 1.54) is 264 Å². The highest BCUT2D eigenvalue weighted by Crippen LogP contribution is 2.16. The molecule has 0 radical (unpaired) electrons. The van der Waals surface area contributed by atoms with Gasteiger partial charge in [-0.05, 0) is 32.1 Å². The average Bonchev–Trinajstić information content (AvgIpc) is 3.50. The van der Waals surface area contributed by atoms with E-state index in [0.29, 0.717) is 0 Å². The Morgan fingerprint density at radius 1 is 0.347 bits per heavy atom. The lowest BCUT2D eigenvalue weighted by Gasteiger charge is -2.07. The van der Waals surface area contributed by atoms with Gasteiger partial charge < -0.3 is 0 Å². The minimum atomic E-state index is 1.23. The normalized spacial score (nSPS) is 11.7. The van der Waals surface area contributed by atoms with Crippen molar-refractivity contribution >= 4 is 0 Å². The van der Waals surface area contributed by atoms with Crippen molar-refractivity contribution in [1.29, 1.82) is 0 Å². The smallest absolute Gasteiger partial charge is 0.234 e. The molecule has 0 atom stereocenters. The maximum atomic E-state index is 2.65. The quantitative estimate of drug-likeness (QED) is 0.0479. The second-order valence-corrected chi connectivity index (χ2v) is 16.2. The van der Waals surface area contributed by atoms with Gasteiger partial charge in [0.2, 0.25) is 0 Å². The zero-order valence-corrected chi connectivity index (χ0v) is 34.5. The van der Waals surface area contributed by atoms with E-state index in [1.54, 1.807) is 5.82 Å². The molecule has 0 aromatic carbocycles. The highest BCUT2D eigenvalue weighted by atomic mass is 15.1. The van der Waals surface area contributed by atoms with E-state index >= 15 is 0 Å². The van der Waals surface area contributed by atoms with Crippen molar-refractivity contribution in [3.05, 3.63) is 18.2 Å². The topological polar surface area (TPSA) is 8.81 Å². The summed E-state index contributed by atoms with van der Waals surface area (Å²) in [5.41, 5.74) is 0. The van der Waals surface area contributed by atoms with Crippen LogP contribution in [0.25, 0.3) is 0 Å². The van der Waals surface area contributed by atoms with Crippen LogP contribution in [0, 0.1) is 0 Å². The van der Waals surface area contributed by atoms with Crippen LogP contribution in [0.15, 0.2) is 12.4 Å². The fourth-order valence-corrected chi connectivity index (χ4v) is 7.92. The largest absolute Gasteiger partial charge is 0.256 e. The predicted molar refractivity (Wildman–Crippen MR) is 221 cm³/mol. The molecule has 1 rings (SSSR count). The number of imidazole rings is 1. The van der Waals surface area contributed by atoms with Gasteiger partial charge in [0.1, 0.15) is 12.4 Å². The number of aromatic nitrogens is 2. The predicted octanol–water partition coefficient (Wildman–Crippen LogP) is 16.2. The van der Waals surface area contributed by atoms with E-state index in [-0.39, 0.29) is 0 Å². The second-order valence-electron chi connectivity index (χ2n) is 16.2. The van der Waals surface area contributed by atoms with Gasteiger partial charge in [0.25, 0.3) is 5.82 Å². The van der Waals surface area contributed by atoms with Crippen LogP contribution >= 0.6 is 0 Å². The van der Waals surface area contributed by atoms with E-state index in [9.17, 15) is 0 Å². The number of aryl methyl sites for hydroxylation is 2. The van der Waals surface area contributed by atoms with Gasteiger partial charge in [0.15, 0.2) is 0 Å². The van der Waals surface area contributed by atoms with E-state index in [4.69, 9.17) is 0 Å². The summed E-state index contributed by atoms with van der Waals surface area (Å²) in [6.45, 7) is 9.41. The molecule has 1 aromatic rings. The summed E-state index contributed by atoms with van der Waals surface area (Å²) in [6.07, 6.45) is 60.8. The SMILES string of the molecule is CCCCCCCCCCCCCCCCCCc1n(CCCCCCCCCC)cc[n+]1CCCCCCCCCCCCCCCC. The van der Waals surface area contributed by atoms with Gasteiger partial charge in [-0.3, -0.25) is 0 Å². The molecule has 0 spiro atoms. The lowest BCUT2D eigenvalue weighted by Crippen LogP contribution is -2.37. The molecule has 0 amide bonds. The lowest BCUT2D eigenvalue weighted by atomic mass is 10.0. The number of nitrogens with zero attached hydrogens (tertiary/aromatic N) is 2. The number of hydrogen-bond acceptors (Lipinski definition) is 0. The first-order valence-corrected chi connectivity index (χ1v) is 23.4. The molecule has 0 N–H and O–H groups in total. The summed E-state index contributed by atoms with van der Waals surface area (Å²) in [6, 6.07) is 0. The molecule has 0 aliphatic rings. The summed E-state index contributed by atoms with van der Waals surface area (Å²) in [5.74, 6) is 1.63. The molecule has 0 saturated heterocycles. The maximum Gasteiger partial charge on any atom is 0.256 e. The number of unbranched alkanes of at least 4 members (excludes halogenated alkanes) is 35. The second kappa shape index (κ2) is 38.4. The molecule has 0 fully saturated rings. The Morgan fingerprint density at radius 2 is 0.633 bits per heavy atom. The van der Waals surface area contributed by atoms with Gasteiger partial charge in [-0.1, -0.05) is 233 Å². The Bertz CT molecular complexity index is 751. The highest BCUT2D eigenvalue weighted by molar-refractivity contribution is 4.84. The average molecular weight is 686 g/mol. The Kier molecular flexibility index (Phi) is 36.3. The van der Waals surface area contributed by atoms with E-state index in [0.717, 1.165) is 0 Å². The fraction of sp³-hybridized carbons (Fsp3) is 0.936. The molecule has 2 heteroatoms. The first kappa shape index (κ1) is 46.2. The Labute approximate surface area is 310 Å². The third kappa shape index (κ3) is 30.5. The summed E-state index contributed by atoms with van der Waals surface area (Å²) < 4.78 is 5.29. The molecule has 0 aliphatic carbocycles. The fourth-order valence-electron chi connectivity index (χ4n) is 7.92. The van der Waals surface area contributed by atoms with Crippen LogP contribution in [0.1, 0.15) is 271 Å². The maximum absolute atomic E-state index is 2.65. The first-order chi connectivity index (χ1) is 24.3. The van der Waals surface area contributed by atoms with Crippen molar-refractivity contribution in [1.82, 2.24) is 4.57 Å². The number of hydrogen-bond donors (Lipinski definition) is 0. The van der Waals surface area contributed by atoms with Crippen LogP contribution < -0.4 is 4.57 Å². The van der Waals surface area contributed by atoms with E-state index in [2.05, 4.69) is 42.3 Å². The van der Waals surface area contributed by atoms with Crippen molar-refractivity contribution in [2.24, 2.45) is 0 Å². The summed E-state index contributed by atoms with van der Waals surface area (Å²) in [4.78, 5) is 0. The molecule has 49 heavy (non-hydrogen) atoms. The van der Waals surface area contributed by atoms with Gasteiger partial charge in [0, 0.05) is 6.42 Å². The van der Waals surface area contributed by atoms with E-state index < -0.39 is 0 Å². The number of rotatable bonds is 41. The Hall–Kier alpha value is -0.790. The van der Waals surface area contributed by atoms with Gasteiger partial charge in [0.05, 0.1) is 13.1 Å². The molecule has 2 nitrogen and oxygen atoms in total. The molecule has 0 saturated carbocycles. The Morgan fingerprint density at radius 3 is 0.980 bits per heavy atom.